The van der Waals surface area contributed by atoms with Crippen molar-refractivity contribution in [1.29, 1.82) is 0 Å². The molecule has 1 fully saturated rings. The van der Waals surface area contributed by atoms with Gasteiger partial charge in [0.15, 0.2) is 12.2 Å². The van der Waals surface area contributed by atoms with Gasteiger partial charge >= 0.3 is 23.9 Å². The molecule has 11 heteroatoms. The van der Waals surface area contributed by atoms with Gasteiger partial charge in [-0.25, -0.2) is 0 Å². The summed E-state index contributed by atoms with van der Waals surface area (Å²) in [5.41, 5.74) is 0. The molecule has 26 heavy (non-hydrogen) atoms. The predicted octanol–water partition coefficient (Wildman–Crippen LogP) is -1.18. The van der Waals surface area contributed by atoms with Crippen LogP contribution in [-0.2, 0) is 47.7 Å². The van der Waals surface area contributed by atoms with E-state index in [0.29, 0.717) is 0 Å². The monoisotopic (exact) mass is 375 g/mol. The van der Waals surface area contributed by atoms with Crippen molar-refractivity contribution < 1.29 is 47.7 Å². The quantitative estimate of drug-likeness (QED) is 0.328. The molecule has 0 spiro atoms. The molecule has 0 aromatic rings. The van der Waals surface area contributed by atoms with Crippen LogP contribution >= 0.6 is 0 Å². The van der Waals surface area contributed by atoms with E-state index in [-0.39, 0.29) is 13.0 Å². The summed E-state index contributed by atoms with van der Waals surface area (Å²) in [5, 5.41) is 2.32. The van der Waals surface area contributed by atoms with Gasteiger partial charge in [-0.15, -0.1) is 0 Å². The Morgan fingerprint density at radius 3 is 1.88 bits per heavy atom. The average Bonchev–Trinajstić information content (AvgIpc) is 2.49. The van der Waals surface area contributed by atoms with Gasteiger partial charge in [0.25, 0.3) is 0 Å². The molecule has 1 rings (SSSR count). The van der Waals surface area contributed by atoms with Crippen molar-refractivity contribution in [3.05, 3.63) is 0 Å². The van der Waals surface area contributed by atoms with Gasteiger partial charge in [0.1, 0.15) is 18.8 Å². The second-order valence-electron chi connectivity index (χ2n) is 5.41. The fourth-order valence-corrected chi connectivity index (χ4v) is 2.42. The lowest BCUT2D eigenvalue weighted by molar-refractivity contribution is -0.270. The van der Waals surface area contributed by atoms with Gasteiger partial charge in [-0.05, 0) is 0 Å². The molecule has 1 saturated heterocycles. The first kappa shape index (κ1) is 21.4. The van der Waals surface area contributed by atoms with Gasteiger partial charge in [-0.2, -0.15) is 0 Å². The van der Waals surface area contributed by atoms with Crippen LogP contribution in [0.25, 0.3) is 0 Å². The second kappa shape index (κ2) is 9.70. The number of rotatable bonds is 7. The Kier molecular flexibility index (Phi) is 7.97. The van der Waals surface area contributed by atoms with Crippen molar-refractivity contribution in [1.82, 2.24) is 5.32 Å². The van der Waals surface area contributed by atoms with E-state index in [0.717, 1.165) is 27.7 Å². The molecule has 1 aliphatic heterocycles. The van der Waals surface area contributed by atoms with Crippen LogP contribution in [0.4, 0.5) is 0 Å². The largest absolute Gasteiger partial charge is 0.463 e. The van der Waals surface area contributed by atoms with Gasteiger partial charge in [-0.1, -0.05) is 0 Å². The summed E-state index contributed by atoms with van der Waals surface area (Å²) in [4.78, 5) is 56.3. The number of hydrogen-bond acceptors (Lipinski definition) is 10. The third-order valence-corrected chi connectivity index (χ3v) is 3.24. The van der Waals surface area contributed by atoms with Crippen LogP contribution in [0.5, 0.6) is 0 Å². The summed E-state index contributed by atoms with van der Waals surface area (Å²) < 4.78 is 25.7. The molecule has 0 bridgehead atoms. The van der Waals surface area contributed by atoms with Crippen LogP contribution in [0.2, 0.25) is 0 Å². The number of esters is 4. The number of amides is 1. The molecule has 5 atom stereocenters. The van der Waals surface area contributed by atoms with Crippen LogP contribution in [0, 0.1) is 0 Å². The molecule has 1 amide bonds. The maximum absolute atomic E-state index is 11.5. The number of carbonyl (C=O) groups excluding carboxylic acids is 5. The molecule has 11 nitrogen and oxygen atoms in total. The maximum Gasteiger partial charge on any atom is 0.305 e. The minimum Gasteiger partial charge on any atom is -0.463 e. The summed E-state index contributed by atoms with van der Waals surface area (Å²) in [6, 6.07) is -1.15. The third-order valence-electron chi connectivity index (χ3n) is 3.24. The second-order valence-corrected chi connectivity index (χ2v) is 5.41. The molecule has 1 unspecified atom stereocenters. The number of hydrogen-bond donors (Lipinski definition) is 1. The average molecular weight is 375 g/mol. The standard InChI is InChI=1S/C15H21NO10/c1-7(18)22-5-11-13(23-8(2)19)14(24-9(3)20)12(16-6-17)15(26-11)25-10(4)21/h6,11-15H,5H2,1-4H3,(H,16,17)/t11-,12-,13-,14-,15?/m1/s1. The smallest absolute Gasteiger partial charge is 0.305 e. The van der Waals surface area contributed by atoms with E-state index in [1.54, 1.807) is 0 Å². The van der Waals surface area contributed by atoms with Gasteiger partial charge in [-0.3, -0.25) is 24.0 Å². The van der Waals surface area contributed by atoms with Crippen molar-refractivity contribution in [3.63, 3.8) is 0 Å². The van der Waals surface area contributed by atoms with Gasteiger partial charge in [0.05, 0.1) is 0 Å². The summed E-state index contributed by atoms with van der Waals surface area (Å²) in [6.07, 6.45) is -4.66. The lowest BCUT2D eigenvalue weighted by Crippen LogP contribution is -2.66. The minimum atomic E-state index is -1.37. The molecule has 0 aromatic carbocycles. The van der Waals surface area contributed by atoms with Crippen molar-refractivity contribution >= 4 is 30.3 Å². The van der Waals surface area contributed by atoms with Gasteiger partial charge in [0.2, 0.25) is 12.7 Å². The van der Waals surface area contributed by atoms with E-state index < -0.39 is 54.5 Å². The zero-order valence-corrected chi connectivity index (χ0v) is 14.8. The maximum atomic E-state index is 11.5. The summed E-state index contributed by atoms with van der Waals surface area (Å²) in [5.74, 6) is -2.82. The summed E-state index contributed by atoms with van der Waals surface area (Å²) in [7, 11) is 0. The Labute approximate surface area is 149 Å². The molecule has 0 saturated carbocycles. The first-order valence-electron chi connectivity index (χ1n) is 7.65. The molecular formula is C15H21NO10. The fraction of sp³-hybridized carbons (Fsp3) is 0.667. The lowest BCUT2D eigenvalue weighted by Gasteiger charge is -2.44. The molecule has 0 aromatic heterocycles. The van der Waals surface area contributed by atoms with Crippen molar-refractivity contribution in [2.24, 2.45) is 0 Å². The Morgan fingerprint density at radius 1 is 0.885 bits per heavy atom. The minimum absolute atomic E-state index is 0.290. The Bertz CT molecular complexity index is 563. The van der Waals surface area contributed by atoms with E-state index in [1.807, 2.05) is 0 Å². The topological polar surface area (TPSA) is 144 Å². The molecular weight excluding hydrogens is 354 g/mol. The highest BCUT2D eigenvalue weighted by Crippen LogP contribution is 2.27. The van der Waals surface area contributed by atoms with Crippen molar-refractivity contribution in [2.45, 2.75) is 58.3 Å². The predicted molar refractivity (Wildman–Crippen MR) is 81.2 cm³/mol. The number of nitrogens with one attached hydrogen (secondary N) is 1. The lowest BCUT2D eigenvalue weighted by atomic mass is 9.96. The first-order chi connectivity index (χ1) is 12.1. The van der Waals surface area contributed by atoms with Crippen LogP contribution in [-0.4, -0.2) is 67.5 Å². The number of ether oxygens (including phenoxy) is 5. The van der Waals surface area contributed by atoms with E-state index in [4.69, 9.17) is 23.7 Å². The van der Waals surface area contributed by atoms with Crippen LogP contribution in [0.1, 0.15) is 27.7 Å². The summed E-state index contributed by atoms with van der Waals surface area (Å²) >= 11 is 0. The SMILES string of the molecule is CC(=O)OC[C@H]1OC(OC(C)=O)[C@H](NC=O)[C@@H](OC(C)=O)[C@@H]1OC(C)=O. The van der Waals surface area contributed by atoms with E-state index in [2.05, 4.69) is 5.32 Å². The van der Waals surface area contributed by atoms with Gasteiger partial charge < -0.3 is 29.0 Å². The highest BCUT2D eigenvalue weighted by Gasteiger charge is 2.51. The molecule has 0 aliphatic carbocycles. The normalized spacial score (nSPS) is 27.6. The Morgan fingerprint density at radius 2 is 1.42 bits per heavy atom. The number of carbonyl (C=O) groups is 5. The zero-order chi connectivity index (χ0) is 19.9. The third kappa shape index (κ3) is 6.31. The van der Waals surface area contributed by atoms with Gasteiger partial charge in [0, 0.05) is 27.7 Å². The molecule has 1 heterocycles. The van der Waals surface area contributed by atoms with Crippen LogP contribution in [0.3, 0.4) is 0 Å². The molecule has 1 N–H and O–H groups in total. The van der Waals surface area contributed by atoms with E-state index in [9.17, 15) is 24.0 Å². The van der Waals surface area contributed by atoms with Crippen molar-refractivity contribution in [2.75, 3.05) is 6.61 Å². The van der Waals surface area contributed by atoms with E-state index in [1.165, 1.54) is 0 Å². The van der Waals surface area contributed by atoms with E-state index >= 15 is 0 Å². The molecule has 146 valence electrons. The fourth-order valence-electron chi connectivity index (χ4n) is 2.42. The van der Waals surface area contributed by atoms with Crippen LogP contribution < -0.4 is 5.32 Å². The molecule has 0 radical (unpaired) electrons. The Hall–Kier alpha value is -2.69. The first-order valence-corrected chi connectivity index (χ1v) is 7.65. The summed E-state index contributed by atoms with van der Waals surface area (Å²) in [6.45, 7) is 4.14. The molecule has 1 aliphatic rings. The van der Waals surface area contributed by atoms with Crippen LogP contribution in [0.15, 0.2) is 0 Å². The highest BCUT2D eigenvalue weighted by atomic mass is 16.7. The Balaban J connectivity index is 3.23. The highest BCUT2D eigenvalue weighted by molar-refractivity contribution is 5.68. The van der Waals surface area contributed by atoms with Crippen molar-refractivity contribution in [3.8, 4) is 0 Å². The zero-order valence-electron chi connectivity index (χ0n) is 14.8.